The maximum atomic E-state index is 5.13. The Kier molecular flexibility index (Phi) is 7.97. The molecule has 0 unspecified atom stereocenters. The van der Waals surface area contributed by atoms with E-state index in [0.29, 0.717) is 13.2 Å². The molecule has 0 heterocycles. The van der Waals surface area contributed by atoms with Crippen molar-refractivity contribution in [3.63, 3.8) is 0 Å². The van der Waals surface area contributed by atoms with Crippen LogP contribution < -0.4 is 0 Å². The van der Waals surface area contributed by atoms with Gasteiger partial charge in [-0.05, 0) is 0 Å². The van der Waals surface area contributed by atoms with Crippen LogP contribution in [0.25, 0.3) is 0 Å². The Morgan fingerprint density at radius 2 is 2.11 bits per heavy atom. The Morgan fingerprint density at radius 1 is 1.33 bits per heavy atom. The lowest BCUT2D eigenvalue weighted by molar-refractivity contribution is 0.0925. The van der Waals surface area contributed by atoms with Crippen LogP contribution in [0.5, 0.6) is 0 Å². The van der Waals surface area contributed by atoms with E-state index in [1.54, 1.807) is 7.11 Å². The largest absolute Gasteiger partial charge is 0.388 e. The maximum Gasteiger partial charge on any atom is 0.144 e. The Balaban J connectivity index is 2.60. The Hall–Kier alpha value is -0.0151. The quantitative estimate of drug-likeness (QED) is 0.389. The van der Waals surface area contributed by atoms with Crippen molar-refractivity contribution in [3.05, 3.63) is 0 Å². The maximum absolute atomic E-state index is 5.13. The van der Waals surface area contributed by atoms with E-state index < -0.39 is 0 Å². The fraction of sp³-hybridized carbons (Fsp3) is 1.00. The summed E-state index contributed by atoms with van der Waals surface area (Å²) in [6, 6.07) is 0. The summed E-state index contributed by atoms with van der Waals surface area (Å²) < 4.78 is 9.92. The molecular weight excluding hydrogens is 115 g/mol. The molecule has 0 aliphatic rings. The van der Waals surface area contributed by atoms with Gasteiger partial charge in [0.05, 0.1) is 13.2 Å². The lowest BCUT2D eigenvalue weighted by Crippen LogP contribution is -2.07. The van der Waals surface area contributed by atoms with Crippen molar-refractivity contribution in [2.75, 3.05) is 26.8 Å². The zero-order valence-corrected chi connectivity index (χ0v) is 6.22. The van der Waals surface area contributed by atoms with Crippen molar-refractivity contribution in [3.8, 4) is 0 Å². The van der Waals surface area contributed by atoms with Crippen LogP contribution in [-0.2, 0) is 9.47 Å². The highest BCUT2D eigenvalue weighted by molar-refractivity contribution is 6.34. The van der Waals surface area contributed by atoms with E-state index in [4.69, 9.17) is 9.47 Å². The fourth-order valence-electron chi connectivity index (χ4n) is 0.427. The molecule has 0 rings (SSSR count). The van der Waals surface area contributed by atoms with Gasteiger partial charge in [-0.15, -0.1) is 0 Å². The van der Waals surface area contributed by atoms with Crippen molar-refractivity contribution in [1.29, 1.82) is 0 Å². The standard InChI is InChI=1S/C6H14BO2/c1-3-7-6-9-5-4-8-2/h3-6H2,1-2H3. The summed E-state index contributed by atoms with van der Waals surface area (Å²) >= 11 is 0. The zero-order chi connectivity index (χ0) is 6.95. The van der Waals surface area contributed by atoms with Crippen molar-refractivity contribution < 1.29 is 9.47 Å². The highest BCUT2D eigenvalue weighted by atomic mass is 16.5. The van der Waals surface area contributed by atoms with Gasteiger partial charge < -0.3 is 9.47 Å². The van der Waals surface area contributed by atoms with Gasteiger partial charge in [-0.2, -0.15) is 0 Å². The minimum Gasteiger partial charge on any atom is -0.388 e. The average Bonchev–Trinajstić information content (AvgIpc) is 1.89. The van der Waals surface area contributed by atoms with E-state index in [2.05, 4.69) is 14.2 Å². The smallest absolute Gasteiger partial charge is 0.144 e. The predicted octanol–water partition coefficient (Wildman–Crippen LogP) is 0.749. The number of ether oxygens (including phenoxy) is 2. The number of methoxy groups -OCH3 is 1. The van der Waals surface area contributed by atoms with Gasteiger partial charge in [-0.25, -0.2) is 0 Å². The summed E-state index contributed by atoms with van der Waals surface area (Å²) in [7, 11) is 3.77. The van der Waals surface area contributed by atoms with Crippen molar-refractivity contribution in [2.45, 2.75) is 13.2 Å². The summed E-state index contributed by atoms with van der Waals surface area (Å²) in [6.45, 7) is 4.24. The zero-order valence-electron chi connectivity index (χ0n) is 6.22. The molecule has 9 heavy (non-hydrogen) atoms. The molecule has 0 bridgehead atoms. The van der Waals surface area contributed by atoms with Gasteiger partial charge >= 0.3 is 0 Å². The van der Waals surface area contributed by atoms with E-state index in [0.717, 1.165) is 12.8 Å². The third-order valence-corrected chi connectivity index (χ3v) is 0.956. The first-order valence-corrected chi connectivity index (χ1v) is 3.30. The van der Waals surface area contributed by atoms with Crippen LogP contribution >= 0.6 is 0 Å². The molecule has 3 heteroatoms. The summed E-state index contributed by atoms with van der Waals surface area (Å²) in [6.07, 6.45) is 1.08. The molecule has 0 N–H and O–H groups in total. The normalized spacial score (nSPS) is 9.56. The Morgan fingerprint density at radius 3 is 2.67 bits per heavy atom. The Bertz CT molecular complexity index is 44.3. The van der Waals surface area contributed by atoms with E-state index in [9.17, 15) is 0 Å². The second-order valence-electron chi connectivity index (χ2n) is 1.76. The molecular formula is C6H14BO2. The van der Waals surface area contributed by atoms with Gasteiger partial charge in [-0.1, -0.05) is 13.2 Å². The average molecular weight is 129 g/mol. The number of hydrogen-bond acceptors (Lipinski definition) is 2. The van der Waals surface area contributed by atoms with Crippen LogP contribution in [-0.4, -0.2) is 34.1 Å². The molecule has 2 nitrogen and oxygen atoms in total. The van der Waals surface area contributed by atoms with Crippen LogP contribution in [0.3, 0.4) is 0 Å². The molecule has 53 valence electrons. The van der Waals surface area contributed by atoms with Gasteiger partial charge in [0.2, 0.25) is 0 Å². The molecule has 0 fully saturated rings. The third-order valence-electron chi connectivity index (χ3n) is 0.956. The van der Waals surface area contributed by atoms with Crippen molar-refractivity contribution in [2.24, 2.45) is 0 Å². The van der Waals surface area contributed by atoms with Gasteiger partial charge in [0.15, 0.2) is 0 Å². The monoisotopic (exact) mass is 129 g/mol. The molecule has 0 saturated heterocycles. The van der Waals surface area contributed by atoms with Gasteiger partial charge in [0, 0.05) is 13.6 Å². The number of rotatable bonds is 6. The Labute approximate surface area is 57.8 Å². The van der Waals surface area contributed by atoms with Crippen molar-refractivity contribution in [1.82, 2.24) is 0 Å². The lowest BCUT2D eigenvalue weighted by Gasteiger charge is -1.99. The van der Waals surface area contributed by atoms with Gasteiger partial charge in [0.25, 0.3) is 0 Å². The predicted molar refractivity (Wildman–Crippen MR) is 38.9 cm³/mol. The second kappa shape index (κ2) is 7.98. The summed E-state index contributed by atoms with van der Waals surface area (Å²) in [5.41, 5.74) is 0. The van der Waals surface area contributed by atoms with Crippen LogP contribution in [0.15, 0.2) is 0 Å². The minimum atomic E-state index is 0.692. The van der Waals surface area contributed by atoms with Gasteiger partial charge in [0.1, 0.15) is 7.28 Å². The molecule has 0 aromatic heterocycles. The molecule has 0 atom stereocenters. The molecule has 0 aliphatic carbocycles. The van der Waals surface area contributed by atoms with Crippen LogP contribution in [0.4, 0.5) is 0 Å². The molecule has 0 spiro atoms. The summed E-state index contributed by atoms with van der Waals surface area (Å²) in [4.78, 5) is 0. The first-order chi connectivity index (χ1) is 4.41. The minimum absolute atomic E-state index is 0.692. The third kappa shape index (κ3) is 7.98. The summed E-state index contributed by atoms with van der Waals surface area (Å²) in [5.74, 6) is 0. The van der Waals surface area contributed by atoms with E-state index >= 15 is 0 Å². The van der Waals surface area contributed by atoms with Crippen LogP contribution in [0, 0.1) is 0 Å². The highest BCUT2D eigenvalue weighted by Gasteiger charge is 1.86. The van der Waals surface area contributed by atoms with E-state index in [1.165, 1.54) is 0 Å². The van der Waals surface area contributed by atoms with Crippen molar-refractivity contribution >= 4 is 7.28 Å². The van der Waals surface area contributed by atoms with Crippen LogP contribution in [0.2, 0.25) is 6.32 Å². The first-order valence-electron chi connectivity index (χ1n) is 3.30. The van der Waals surface area contributed by atoms with E-state index in [-0.39, 0.29) is 0 Å². The molecule has 0 amide bonds. The molecule has 0 aliphatic heterocycles. The lowest BCUT2D eigenvalue weighted by atomic mass is 9.77. The van der Waals surface area contributed by atoms with Crippen LogP contribution in [0.1, 0.15) is 6.92 Å². The summed E-state index contributed by atoms with van der Waals surface area (Å²) in [5, 5.41) is 0. The molecule has 0 saturated carbocycles. The van der Waals surface area contributed by atoms with Gasteiger partial charge in [-0.3, -0.25) is 0 Å². The molecule has 0 aromatic rings. The topological polar surface area (TPSA) is 18.5 Å². The molecule has 1 radical (unpaired) electrons. The second-order valence-corrected chi connectivity index (χ2v) is 1.76. The molecule has 0 aromatic carbocycles. The van der Waals surface area contributed by atoms with E-state index in [1.807, 2.05) is 0 Å². The SMILES string of the molecule is CC[B]COCCOC. The highest BCUT2D eigenvalue weighted by Crippen LogP contribution is 1.77. The fourth-order valence-corrected chi connectivity index (χ4v) is 0.427. The number of hydrogen-bond donors (Lipinski definition) is 0. The first kappa shape index (κ1) is 8.98.